The van der Waals surface area contributed by atoms with Crippen molar-refractivity contribution >= 4 is 11.7 Å². The Labute approximate surface area is 111 Å². The molecule has 0 atom stereocenters. The summed E-state index contributed by atoms with van der Waals surface area (Å²) < 4.78 is 0. The van der Waals surface area contributed by atoms with Crippen LogP contribution in [0.5, 0.6) is 0 Å². The van der Waals surface area contributed by atoms with Crippen LogP contribution >= 0.6 is 0 Å². The summed E-state index contributed by atoms with van der Waals surface area (Å²) in [5.74, 6) is 0.208. The Hall–Kier alpha value is -2.15. The number of carbonyl (C=O) groups is 1. The second-order valence-corrected chi connectivity index (χ2v) is 4.40. The lowest BCUT2D eigenvalue weighted by atomic mass is 10.2. The molecular weight excluding hydrogens is 246 g/mol. The van der Waals surface area contributed by atoms with Crippen LogP contribution in [-0.4, -0.2) is 64.5 Å². The first kappa shape index (κ1) is 13.3. The Morgan fingerprint density at radius 2 is 1.95 bits per heavy atom. The van der Waals surface area contributed by atoms with E-state index in [9.17, 15) is 4.79 Å². The van der Waals surface area contributed by atoms with Crippen molar-refractivity contribution in [2.45, 2.75) is 0 Å². The molecule has 0 bridgehead atoms. The van der Waals surface area contributed by atoms with Crippen molar-refractivity contribution in [3.63, 3.8) is 0 Å². The molecule has 0 aromatic carbocycles. The molecule has 1 amide bonds. The zero-order chi connectivity index (χ0) is 13.7. The standard InChI is InChI=1S/C12H17N5O2/c13-11(15-19)9-16-5-7-17(8-6-16)12(18)10-1-3-14-4-2-10/h1-4,19H,5-9H2,(H2,13,15). The molecule has 102 valence electrons. The number of amidine groups is 1. The molecule has 1 fully saturated rings. The van der Waals surface area contributed by atoms with Crippen molar-refractivity contribution in [3.05, 3.63) is 30.1 Å². The largest absolute Gasteiger partial charge is 0.409 e. The molecule has 7 nitrogen and oxygen atoms in total. The van der Waals surface area contributed by atoms with Crippen LogP contribution in [0.25, 0.3) is 0 Å². The van der Waals surface area contributed by atoms with Gasteiger partial charge in [0.05, 0.1) is 6.54 Å². The van der Waals surface area contributed by atoms with Crippen molar-refractivity contribution in [1.82, 2.24) is 14.8 Å². The number of oxime groups is 1. The molecule has 7 heteroatoms. The van der Waals surface area contributed by atoms with E-state index in [1.807, 2.05) is 4.90 Å². The molecule has 1 aromatic rings. The fourth-order valence-corrected chi connectivity index (χ4v) is 2.05. The van der Waals surface area contributed by atoms with Crippen molar-refractivity contribution in [2.24, 2.45) is 10.9 Å². The van der Waals surface area contributed by atoms with Gasteiger partial charge in [-0.25, -0.2) is 0 Å². The predicted octanol–water partition coefficient (Wildman–Crippen LogP) is -0.414. The van der Waals surface area contributed by atoms with Gasteiger partial charge in [0, 0.05) is 44.1 Å². The number of hydrogen-bond donors (Lipinski definition) is 2. The Kier molecular flexibility index (Phi) is 4.30. The number of amides is 1. The van der Waals surface area contributed by atoms with Gasteiger partial charge in [0.1, 0.15) is 0 Å². The smallest absolute Gasteiger partial charge is 0.254 e. The van der Waals surface area contributed by atoms with Crippen molar-refractivity contribution in [2.75, 3.05) is 32.7 Å². The maximum atomic E-state index is 12.2. The number of hydrogen-bond acceptors (Lipinski definition) is 5. The molecule has 1 saturated heterocycles. The molecular formula is C12H17N5O2. The maximum Gasteiger partial charge on any atom is 0.254 e. The van der Waals surface area contributed by atoms with E-state index in [4.69, 9.17) is 10.9 Å². The fraction of sp³-hybridized carbons (Fsp3) is 0.417. The second-order valence-electron chi connectivity index (χ2n) is 4.40. The van der Waals surface area contributed by atoms with Gasteiger partial charge in [-0.3, -0.25) is 14.7 Å². The third-order valence-electron chi connectivity index (χ3n) is 3.10. The van der Waals surface area contributed by atoms with E-state index in [-0.39, 0.29) is 11.7 Å². The zero-order valence-corrected chi connectivity index (χ0v) is 10.6. The number of aromatic nitrogens is 1. The normalized spacial score (nSPS) is 17.5. The van der Waals surface area contributed by atoms with Crippen LogP contribution in [0.3, 0.4) is 0 Å². The topological polar surface area (TPSA) is 95.0 Å². The molecule has 3 N–H and O–H groups in total. The Morgan fingerprint density at radius 3 is 2.53 bits per heavy atom. The first-order valence-corrected chi connectivity index (χ1v) is 6.09. The lowest BCUT2D eigenvalue weighted by Crippen LogP contribution is -2.50. The number of pyridine rings is 1. The van der Waals surface area contributed by atoms with E-state index in [2.05, 4.69) is 10.1 Å². The molecule has 0 radical (unpaired) electrons. The molecule has 2 heterocycles. The van der Waals surface area contributed by atoms with Crippen molar-refractivity contribution in [1.29, 1.82) is 0 Å². The summed E-state index contributed by atoms with van der Waals surface area (Å²) in [5, 5.41) is 11.5. The Balaban J connectivity index is 1.88. The van der Waals surface area contributed by atoms with Gasteiger partial charge >= 0.3 is 0 Å². The van der Waals surface area contributed by atoms with E-state index in [1.54, 1.807) is 29.4 Å². The molecule has 0 aliphatic carbocycles. The summed E-state index contributed by atoms with van der Waals surface area (Å²) in [6, 6.07) is 3.43. The highest BCUT2D eigenvalue weighted by Crippen LogP contribution is 2.07. The maximum absolute atomic E-state index is 12.2. The summed E-state index contributed by atoms with van der Waals surface area (Å²) in [5.41, 5.74) is 6.11. The Morgan fingerprint density at radius 1 is 1.32 bits per heavy atom. The highest BCUT2D eigenvalue weighted by Gasteiger charge is 2.22. The lowest BCUT2D eigenvalue weighted by molar-refractivity contribution is 0.0653. The molecule has 1 aliphatic rings. The van der Waals surface area contributed by atoms with Gasteiger partial charge in [0.15, 0.2) is 5.84 Å². The van der Waals surface area contributed by atoms with Crippen molar-refractivity contribution < 1.29 is 10.0 Å². The number of nitrogens with two attached hydrogens (primary N) is 1. The fourth-order valence-electron chi connectivity index (χ4n) is 2.05. The van der Waals surface area contributed by atoms with Crippen LogP contribution in [0.4, 0.5) is 0 Å². The number of piperazine rings is 1. The third-order valence-corrected chi connectivity index (χ3v) is 3.10. The molecule has 19 heavy (non-hydrogen) atoms. The van der Waals surface area contributed by atoms with Crippen molar-refractivity contribution in [3.8, 4) is 0 Å². The van der Waals surface area contributed by atoms with Gasteiger partial charge in [-0.05, 0) is 12.1 Å². The van der Waals surface area contributed by atoms with Crippen LogP contribution < -0.4 is 5.73 Å². The Bertz CT molecular complexity index is 454. The van der Waals surface area contributed by atoms with Gasteiger partial charge in [-0.15, -0.1) is 0 Å². The highest BCUT2D eigenvalue weighted by molar-refractivity contribution is 5.94. The van der Waals surface area contributed by atoms with Crippen LogP contribution in [0.15, 0.2) is 29.7 Å². The molecule has 0 saturated carbocycles. The van der Waals surface area contributed by atoms with E-state index < -0.39 is 0 Å². The van der Waals surface area contributed by atoms with E-state index in [1.165, 1.54) is 0 Å². The summed E-state index contributed by atoms with van der Waals surface area (Å²) in [6.07, 6.45) is 3.23. The highest BCUT2D eigenvalue weighted by atomic mass is 16.4. The van der Waals surface area contributed by atoms with E-state index in [0.717, 1.165) is 0 Å². The number of rotatable bonds is 3. The second kappa shape index (κ2) is 6.14. The molecule has 1 aromatic heterocycles. The molecule has 0 spiro atoms. The minimum absolute atomic E-state index is 0.0193. The van der Waals surface area contributed by atoms with Gasteiger partial charge in [-0.2, -0.15) is 0 Å². The van der Waals surface area contributed by atoms with Gasteiger partial charge in [0.2, 0.25) is 0 Å². The quantitative estimate of drug-likeness (QED) is 0.334. The minimum Gasteiger partial charge on any atom is -0.409 e. The van der Waals surface area contributed by atoms with Gasteiger partial charge < -0.3 is 15.8 Å². The summed E-state index contributed by atoms with van der Waals surface area (Å²) in [7, 11) is 0. The van der Waals surface area contributed by atoms with Crippen LogP contribution in [0, 0.1) is 0 Å². The predicted molar refractivity (Wildman–Crippen MR) is 70.0 cm³/mol. The molecule has 2 rings (SSSR count). The number of carbonyl (C=O) groups excluding carboxylic acids is 1. The van der Waals surface area contributed by atoms with Crippen LogP contribution in [0.2, 0.25) is 0 Å². The monoisotopic (exact) mass is 263 g/mol. The SMILES string of the molecule is NC(CN1CCN(C(=O)c2ccncc2)CC1)=NO. The first-order chi connectivity index (χ1) is 9.20. The molecule has 0 unspecified atom stereocenters. The average molecular weight is 263 g/mol. The zero-order valence-electron chi connectivity index (χ0n) is 10.6. The minimum atomic E-state index is 0.0193. The lowest BCUT2D eigenvalue weighted by Gasteiger charge is -2.34. The van der Waals surface area contributed by atoms with E-state index in [0.29, 0.717) is 38.3 Å². The summed E-state index contributed by atoms with van der Waals surface area (Å²) in [6.45, 7) is 3.13. The van der Waals surface area contributed by atoms with Crippen LogP contribution in [-0.2, 0) is 0 Å². The number of nitrogens with zero attached hydrogens (tertiary/aromatic N) is 4. The van der Waals surface area contributed by atoms with E-state index >= 15 is 0 Å². The first-order valence-electron chi connectivity index (χ1n) is 6.09. The van der Waals surface area contributed by atoms with Gasteiger partial charge in [-0.1, -0.05) is 5.16 Å². The summed E-state index contributed by atoms with van der Waals surface area (Å²) >= 11 is 0. The molecule has 1 aliphatic heterocycles. The third kappa shape index (κ3) is 3.41. The van der Waals surface area contributed by atoms with Crippen LogP contribution in [0.1, 0.15) is 10.4 Å². The average Bonchev–Trinajstić information content (AvgIpc) is 2.48. The van der Waals surface area contributed by atoms with Gasteiger partial charge in [0.25, 0.3) is 5.91 Å². The summed E-state index contributed by atoms with van der Waals surface area (Å²) in [4.78, 5) is 19.9.